The van der Waals surface area contributed by atoms with Crippen molar-refractivity contribution < 1.29 is 0 Å². The molecule has 0 saturated carbocycles. The number of rotatable bonds is 4. The first-order chi connectivity index (χ1) is 16.2. The summed E-state index contributed by atoms with van der Waals surface area (Å²) in [7, 11) is 0. The molecule has 166 valence electrons. The molecule has 33 heavy (non-hydrogen) atoms. The number of aromatic nitrogens is 6. The average Bonchev–Trinajstić information content (AvgIpc) is 3.57. The first-order valence-corrected chi connectivity index (χ1v) is 11.2. The minimum Gasteiger partial charge on any atom is -0.346 e. The molecule has 0 fully saturated rings. The Kier molecular flexibility index (Phi) is 5.75. The summed E-state index contributed by atoms with van der Waals surface area (Å²) >= 11 is 5.91. The van der Waals surface area contributed by atoms with Gasteiger partial charge in [0, 0.05) is 24.3 Å². The van der Waals surface area contributed by atoms with Crippen molar-refractivity contribution in [2.45, 2.75) is 33.2 Å². The Balaban J connectivity index is 0.000000162. The largest absolute Gasteiger partial charge is 0.346 e. The van der Waals surface area contributed by atoms with E-state index in [1.165, 1.54) is 23.0 Å². The number of benzene rings is 1. The molecule has 6 rings (SSSR count). The van der Waals surface area contributed by atoms with Crippen LogP contribution in [-0.4, -0.2) is 36.1 Å². The van der Waals surface area contributed by atoms with Crippen LogP contribution in [0.3, 0.4) is 0 Å². The van der Waals surface area contributed by atoms with E-state index in [4.69, 9.17) is 11.6 Å². The maximum absolute atomic E-state index is 5.91. The number of fused-ring (bicyclic) bond motifs is 3. The van der Waals surface area contributed by atoms with Gasteiger partial charge in [0.1, 0.15) is 34.9 Å². The molecule has 0 aliphatic carbocycles. The lowest BCUT2D eigenvalue weighted by Gasteiger charge is -2.09. The fraction of sp³-hybridized carbons (Fsp3) is 0.208. The molecule has 0 unspecified atom stereocenters. The number of H-pyrrole nitrogens is 2. The molecule has 3 N–H and O–H groups in total. The van der Waals surface area contributed by atoms with Gasteiger partial charge < -0.3 is 15.3 Å². The standard InChI is InChI=1S/C16H15N5.C8H8ClN3/c1-2-10-8-18-15-14(10)16(20-9-19-15)21-13-4-3-11-6-17-7-12(11)5-13;1-2-5-3-10-8-6(5)7(9)11-4-12-8/h3-5,7-9H,2,6H2,1H3,(H2,18,19,20,21);3-4H,2H2,1H3,(H,10,11,12). The van der Waals surface area contributed by atoms with Gasteiger partial charge in [0.15, 0.2) is 0 Å². The summed E-state index contributed by atoms with van der Waals surface area (Å²) in [6.07, 6.45) is 10.8. The van der Waals surface area contributed by atoms with Crippen LogP contribution in [0.25, 0.3) is 22.1 Å². The van der Waals surface area contributed by atoms with Crippen molar-refractivity contribution in [1.82, 2.24) is 29.9 Å². The topological polar surface area (TPSA) is 108 Å². The molecule has 8 nitrogen and oxygen atoms in total. The van der Waals surface area contributed by atoms with E-state index in [1.54, 1.807) is 6.33 Å². The molecule has 0 radical (unpaired) electrons. The summed E-state index contributed by atoms with van der Waals surface area (Å²) in [5, 5.41) is 5.94. The van der Waals surface area contributed by atoms with Gasteiger partial charge in [-0.2, -0.15) is 0 Å². The molecule has 0 saturated heterocycles. The van der Waals surface area contributed by atoms with E-state index in [0.29, 0.717) is 5.15 Å². The molecular weight excluding hydrogens is 436 g/mol. The highest BCUT2D eigenvalue weighted by atomic mass is 35.5. The molecule has 0 spiro atoms. The zero-order valence-corrected chi connectivity index (χ0v) is 19.1. The van der Waals surface area contributed by atoms with Crippen LogP contribution in [0, 0.1) is 0 Å². The van der Waals surface area contributed by atoms with Crippen molar-refractivity contribution in [3.8, 4) is 0 Å². The molecule has 0 atom stereocenters. The number of halogens is 1. The number of aryl methyl sites for hydroxylation is 2. The summed E-state index contributed by atoms with van der Waals surface area (Å²) < 4.78 is 0. The van der Waals surface area contributed by atoms with Gasteiger partial charge >= 0.3 is 0 Å². The third kappa shape index (κ3) is 4.05. The third-order valence-corrected chi connectivity index (χ3v) is 6.01. The van der Waals surface area contributed by atoms with Gasteiger partial charge in [-0.25, -0.2) is 19.9 Å². The van der Waals surface area contributed by atoms with Gasteiger partial charge in [-0.05, 0) is 47.2 Å². The summed E-state index contributed by atoms with van der Waals surface area (Å²) in [5.74, 6) is 0.841. The van der Waals surface area contributed by atoms with Crippen molar-refractivity contribution in [1.29, 1.82) is 0 Å². The Morgan fingerprint density at radius 3 is 2.36 bits per heavy atom. The fourth-order valence-electron chi connectivity index (χ4n) is 3.98. The quantitative estimate of drug-likeness (QED) is 0.314. The number of nitrogens with one attached hydrogen (secondary N) is 3. The molecule has 4 aromatic heterocycles. The molecular formula is C24H23ClN8. The maximum Gasteiger partial charge on any atom is 0.143 e. The predicted molar refractivity (Wildman–Crippen MR) is 133 cm³/mol. The van der Waals surface area contributed by atoms with Crippen LogP contribution in [0.4, 0.5) is 11.5 Å². The lowest BCUT2D eigenvalue weighted by molar-refractivity contribution is 1.11. The van der Waals surface area contributed by atoms with E-state index >= 15 is 0 Å². The highest BCUT2D eigenvalue weighted by Gasteiger charge is 2.12. The Morgan fingerprint density at radius 2 is 1.61 bits per heavy atom. The zero-order valence-electron chi connectivity index (χ0n) is 18.4. The van der Waals surface area contributed by atoms with Crippen molar-refractivity contribution in [2.75, 3.05) is 5.32 Å². The number of anilines is 2. The van der Waals surface area contributed by atoms with Crippen LogP contribution in [-0.2, 0) is 19.4 Å². The Bertz CT molecular complexity index is 1470. The van der Waals surface area contributed by atoms with Gasteiger partial charge in [0.2, 0.25) is 0 Å². The van der Waals surface area contributed by atoms with Crippen LogP contribution in [0.5, 0.6) is 0 Å². The Hall–Kier alpha value is -3.78. The Labute approximate surface area is 195 Å². The van der Waals surface area contributed by atoms with Crippen LogP contribution in [0.2, 0.25) is 5.15 Å². The summed E-state index contributed by atoms with van der Waals surface area (Å²) in [5.41, 5.74) is 7.52. The molecule has 5 aromatic rings. The SMILES string of the molecule is CCc1c[nH]c2ncnc(Cl)c12.CCc1c[nH]c2ncnc(Nc3ccc4c(c3)C=NC4)c12. The van der Waals surface area contributed by atoms with Crippen LogP contribution in [0.15, 0.2) is 48.2 Å². The van der Waals surface area contributed by atoms with Gasteiger partial charge in [-0.1, -0.05) is 31.5 Å². The molecule has 1 aromatic carbocycles. The van der Waals surface area contributed by atoms with Crippen molar-refractivity contribution in [3.05, 3.63) is 70.7 Å². The number of hydrogen-bond donors (Lipinski definition) is 3. The van der Waals surface area contributed by atoms with Gasteiger partial charge in [-0.15, -0.1) is 0 Å². The first kappa shape index (κ1) is 21.1. The van der Waals surface area contributed by atoms with Gasteiger partial charge in [0.05, 0.1) is 17.3 Å². The van der Waals surface area contributed by atoms with E-state index in [0.717, 1.165) is 58.5 Å². The van der Waals surface area contributed by atoms with Crippen LogP contribution < -0.4 is 5.32 Å². The monoisotopic (exact) mass is 458 g/mol. The molecule has 0 bridgehead atoms. The Morgan fingerprint density at radius 1 is 0.909 bits per heavy atom. The van der Waals surface area contributed by atoms with Crippen LogP contribution >= 0.6 is 11.6 Å². The second kappa shape index (κ2) is 8.99. The van der Waals surface area contributed by atoms with Crippen molar-refractivity contribution >= 4 is 51.4 Å². The smallest absolute Gasteiger partial charge is 0.143 e. The minimum absolute atomic E-state index is 0.526. The first-order valence-electron chi connectivity index (χ1n) is 10.8. The molecule has 1 aliphatic rings. The molecule has 1 aliphatic heterocycles. The zero-order chi connectivity index (χ0) is 22.8. The van der Waals surface area contributed by atoms with E-state index in [1.807, 2.05) is 18.6 Å². The lowest BCUT2D eigenvalue weighted by atomic mass is 10.1. The minimum atomic E-state index is 0.526. The number of hydrogen-bond acceptors (Lipinski definition) is 6. The highest BCUT2D eigenvalue weighted by Crippen LogP contribution is 2.28. The van der Waals surface area contributed by atoms with Gasteiger partial charge in [-0.3, -0.25) is 4.99 Å². The molecule has 9 heteroatoms. The van der Waals surface area contributed by atoms with Gasteiger partial charge in [0.25, 0.3) is 0 Å². The number of aliphatic imine (C=N–C) groups is 1. The molecule has 0 amide bonds. The van der Waals surface area contributed by atoms with Crippen LogP contribution in [0.1, 0.15) is 36.1 Å². The highest BCUT2D eigenvalue weighted by molar-refractivity contribution is 6.34. The summed E-state index contributed by atoms with van der Waals surface area (Å²) in [6.45, 7) is 4.99. The third-order valence-electron chi connectivity index (χ3n) is 5.72. The van der Waals surface area contributed by atoms with Crippen molar-refractivity contribution in [2.24, 2.45) is 4.99 Å². The number of aromatic amines is 2. The summed E-state index contributed by atoms with van der Waals surface area (Å²) in [6, 6.07) is 6.29. The summed E-state index contributed by atoms with van der Waals surface area (Å²) in [4.78, 5) is 27.2. The van der Waals surface area contributed by atoms with E-state index < -0.39 is 0 Å². The van der Waals surface area contributed by atoms with E-state index in [9.17, 15) is 0 Å². The van der Waals surface area contributed by atoms with E-state index in [2.05, 4.69) is 72.3 Å². The van der Waals surface area contributed by atoms with Crippen molar-refractivity contribution in [3.63, 3.8) is 0 Å². The average molecular weight is 459 g/mol. The predicted octanol–water partition coefficient (Wildman–Crippen LogP) is 5.37. The second-order valence-electron chi connectivity index (χ2n) is 7.68. The lowest BCUT2D eigenvalue weighted by Crippen LogP contribution is -1.97. The fourth-order valence-corrected chi connectivity index (χ4v) is 4.24. The maximum atomic E-state index is 5.91. The molecule has 5 heterocycles. The normalized spacial score (nSPS) is 12.1. The number of nitrogens with zero attached hydrogens (tertiary/aromatic N) is 5. The van der Waals surface area contributed by atoms with E-state index in [-0.39, 0.29) is 0 Å². The second-order valence-corrected chi connectivity index (χ2v) is 8.04.